The second kappa shape index (κ2) is 10.5. The van der Waals surface area contributed by atoms with Crippen molar-refractivity contribution in [2.75, 3.05) is 0 Å². The molecular formula is C23H34O3. The number of carbonyl (C=O) groups is 1. The third-order valence-electron chi connectivity index (χ3n) is 5.45. The Kier molecular flexibility index (Phi) is 8.37. The summed E-state index contributed by atoms with van der Waals surface area (Å²) >= 11 is 0. The van der Waals surface area contributed by atoms with Crippen molar-refractivity contribution in [2.24, 2.45) is 5.92 Å². The van der Waals surface area contributed by atoms with E-state index >= 15 is 0 Å². The number of Topliss-reactive ketones (excluding diaryl/α,β-unsaturated/α-hetero) is 1. The molecule has 3 nitrogen and oxygen atoms in total. The molecule has 0 radical (unpaired) electrons. The summed E-state index contributed by atoms with van der Waals surface area (Å²) in [7, 11) is 0. The summed E-state index contributed by atoms with van der Waals surface area (Å²) in [6.45, 7) is 4.34. The third-order valence-corrected chi connectivity index (χ3v) is 5.45. The van der Waals surface area contributed by atoms with E-state index in [1.54, 1.807) is 0 Å². The number of carbonyl (C=O) groups excluding carboxylic acids is 1. The number of rotatable bonds is 11. The van der Waals surface area contributed by atoms with E-state index in [-0.39, 0.29) is 17.5 Å². The van der Waals surface area contributed by atoms with Gasteiger partial charge in [-0.2, -0.15) is 0 Å². The SMILES string of the molecule is CCCCCC[C@H]1CC(=O)C(O)=C1c1ccc(C(O)CCCCC)cc1. The zero-order valence-electron chi connectivity index (χ0n) is 16.3. The van der Waals surface area contributed by atoms with Crippen LogP contribution in [-0.2, 0) is 4.79 Å². The van der Waals surface area contributed by atoms with E-state index < -0.39 is 6.10 Å². The van der Waals surface area contributed by atoms with E-state index in [0.29, 0.717) is 6.42 Å². The monoisotopic (exact) mass is 358 g/mol. The molecule has 2 N–H and O–H groups in total. The minimum atomic E-state index is -0.437. The minimum absolute atomic E-state index is 0.0539. The van der Waals surface area contributed by atoms with Crippen LogP contribution in [0.2, 0.25) is 0 Å². The van der Waals surface area contributed by atoms with E-state index in [1.807, 2.05) is 24.3 Å². The predicted octanol–water partition coefficient (Wildman–Crippen LogP) is 6.13. The van der Waals surface area contributed by atoms with Crippen LogP contribution >= 0.6 is 0 Å². The van der Waals surface area contributed by atoms with Crippen LogP contribution < -0.4 is 0 Å². The standard InChI is InChI=1S/C23H34O3/c1-3-5-7-9-10-19-16-21(25)23(26)22(19)18-14-12-17(13-15-18)20(24)11-8-6-4-2/h12-15,19-20,24,26H,3-11,16H2,1-2H3/t19-,20?/m0/s1. The first kappa shape index (κ1) is 20.7. The molecule has 2 atom stereocenters. The summed E-state index contributed by atoms with van der Waals surface area (Å²) < 4.78 is 0. The van der Waals surface area contributed by atoms with Crippen LogP contribution in [0.4, 0.5) is 0 Å². The van der Waals surface area contributed by atoms with Crippen molar-refractivity contribution in [1.29, 1.82) is 0 Å². The molecule has 0 spiro atoms. The van der Waals surface area contributed by atoms with Gasteiger partial charge in [-0.1, -0.05) is 83.1 Å². The van der Waals surface area contributed by atoms with Crippen LogP contribution in [0.25, 0.3) is 5.57 Å². The van der Waals surface area contributed by atoms with Gasteiger partial charge in [0.2, 0.25) is 0 Å². The quantitative estimate of drug-likeness (QED) is 0.468. The van der Waals surface area contributed by atoms with Gasteiger partial charge in [0.25, 0.3) is 0 Å². The van der Waals surface area contributed by atoms with E-state index in [9.17, 15) is 15.0 Å². The molecule has 1 unspecified atom stereocenters. The fraction of sp³-hybridized carbons (Fsp3) is 0.609. The highest BCUT2D eigenvalue weighted by molar-refractivity contribution is 6.05. The minimum Gasteiger partial charge on any atom is -0.504 e. The number of allylic oxidation sites excluding steroid dienone is 2. The molecule has 1 aliphatic carbocycles. The van der Waals surface area contributed by atoms with Gasteiger partial charge in [-0.25, -0.2) is 0 Å². The lowest BCUT2D eigenvalue weighted by atomic mass is 9.89. The number of benzene rings is 1. The van der Waals surface area contributed by atoms with Gasteiger partial charge in [0.1, 0.15) is 0 Å². The molecule has 0 aliphatic heterocycles. The highest BCUT2D eigenvalue weighted by Crippen LogP contribution is 2.39. The molecule has 0 amide bonds. The van der Waals surface area contributed by atoms with Gasteiger partial charge in [0.05, 0.1) is 6.10 Å². The smallest absolute Gasteiger partial charge is 0.198 e. The zero-order chi connectivity index (χ0) is 18.9. The topological polar surface area (TPSA) is 57.5 Å². The van der Waals surface area contributed by atoms with Crippen molar-refractivity contribution in [3.05, 3.63) is 41.2 Å². The average molecular weight is 359 g/mol. The Labute approximate surface area is 158 Å². The molecule has 0 aromatic heterocycles. The van der Waals surface area contributed by atoms with Crippen LogP contribution in [0.5, 0.6) is 0 Å². The van der Waals surface area contributed by atoms with Gasteiger partial charge in [-0.15, -0.1) is 0 Å². The molecule has 2 rings (SSSR count). The molecule has 144 valence electrons. The van der Waals surface area contributed by atoms with Gasteiger partial charge in [-0.05, 0) is 29.9 Å². The summed E-state index contributed by atoms with van der Waals surface area (Å²) in [5, 5.41) is 20.6. The number of hydrogen-bond acceptors (Lipinski definition) is 3. The van der Waals surface area contributed by atoms with E-state index in [4.69, 9.17) is 0 Å². The lowest BCUT2D eigenvalue weighted by Crippen LogP contribution is -2.02. The van der Waals surface area contributed by atoms with E-state index in [2.05, 4.69) is 13.8 Å². The number of aliphatic hydroxyl groups is 2. The van der Waals surface area contributed by atoms with Crippen molar-refractivity contribution in [3.63, 3.8) is 0 Å². The molecule has 0 saturated heterocycles. The van der Waals surface area contributed by atoms with Crippen LogP contribution in [0.1, 0.15) is 95.3 Å². The van der Waals surface area contributed by atoms with Gasteiger partial charge in [-0.3, -0.25) is 4.79 Å². The summed E-state index contributed by atoms with van der Waals surface area (Å²) in [5.74, 6) is -0.0643. The fourth-order valence-corrected chi connectivity index (χ4v) is 3.84. The highest BCUT2D eigenvalue weighted by atomic mass is 16.3. The lowest BCUT2D eigenvalue weighted by molar-refractivity contribution is -0.117. The van der Waals surface area contributed by atoms with Crippen molar-refractivity contribution in [1.82, 2.24) is 0 Å². The number of ketones is 1. The lowest BCUT2D eigenvalue weighted by Gasteiger charge is -2.16. The maximum absolute atomic E-state index is 12.0. The fourth-order valence-electron chi connectivity index (χ4n) is 3.84. The number of aliphatic hydroxyl groups excluding tert-OH is 2. The number of hydrogen-bond donors (Lipinski definition) is 2. The highest BCUT2D eigenvalue weighted by Gasteiger charge is 2.32. The van der Waals surface area contributed by atoms with E-state index in [1.165, 1.54) is 19.3 Å². The Morgan fingerprint density at radius 3 is 2.31 bits per heavy atom. The summed E-state index contributed by atoms with van der Waals surface area (Å²) in [6.07, 6.45) is 9.71. The first-order chi connectivity index (χ1) is 12.6. The normalized spacial score (nSPS) is 18.6. The van der Waals surface area contributed by atoms with Gasteiger partial charge in [0.15, 0.2) is 11.5 Å². The first-order valence-electron chi connectivity index (χ1n) is 10.3. The van der Waals surface area contributed by atoms with Gasteiger partial charge < -0.3 is 10.2 Å². The molecule has 0 fully saturated rings. The Balaban J connectivity index is 2.05. The zero-order valence-corrected chi connectivity index (χ0v) is 16.3. The molecule has 1 aromatic carbocycles. The third kappa shape index (κ3) is 5.44. The molecule has 0 saturated carbocycles. The van der Waals surface area contributed by atoms with Crippen molar-refractivity contribution in [2.45, 2.75) is 84.2 Å². The molecule has 0 bridgehead atoms. The maximum atomic E-state index is 12.0. The molecule has 1 aliphatic rings. The maximum Gasteiger partial charge on any atom is 0.198 e. The Bertz CT molecular complexity index is 600. The first-order valence-corrected chi connectivity index (χ1v) is 10.3. The van der Waals surface area contributed by atoms with Crippen LogP contribution in [0.15, 0.2) is 30.0 Å². The average Bonchev–Trinajstić information content (AvgIpc) is 2.93. The molecular weight excluding hydrogens is 324 g/mol. The van der Waals surface area contributed by atoms with Crippen LogP contribution in [0, 0.1) is 5.92 Å². The molecule has 3 heteroatoms. The summed E-state index contributed by atoms with van der Waals surface area (Å²) in [6, 6.07) is 7.76. The van der Waals surface area contributed by atoms with Crippen molar-refractivity contribution >= 4 is 11.4 Å². The summed E-state index contributed by atoms with van der Waals surface area (Å²) in [5.41, 5.74) is 2.63. The molecule has 1 aromatic rings. The number of unbranched alkanes of at least 4 members (excludes halogenated alkanes) is 5. The van der Waals surface area contributed by atoms with Gasteiger partial charge in [0, 0.05) is 12.0 Å². The van der Waals surface area contributed by atoms with Crippen LogP contribution in [-0.4, -0.2) is 16.0 Å². The summed E-state index contributed by atoms with van der Waals surface area (Å²) in [4.78, 5) is 12.0. The largest absolute Gasteiger partial charge is 0.504 e. The van der Waals surface area contributed by atoms with Crippen molar-refractivity contribution in [3.8, 4) is 0 Å². The van der Waals surface area contributed by atoms with Crippen molar-refractivity contribution < 1.29 is 15.0 Å². The molecule has 26 heavy (non-hydrogen) atoms. The van der Waals surface area contributed by atoms with Crippen LogP contribution in [0.3, 0.4) is 0 Å². The molecule has 0 heterocycles. The second-order valence-electron chi connectivity index (χ2n) is 7.57. The Hall–Kier alpha value is -1.61. The predicted molar refractivity (Wildman–Crippen MR) is 107 cm³/mol. The van der Waals surface area contributed by atoms with Gasteiger partial charge >= 0.3 is 0 Å². The second-order valence-corrected chi connectivity index (χ2v) is 7.57. The Morgan fingerprint density at radius 2 is 1.65 bits per heavy atom. The Morgan fingerprint density at radius 1 is 1.00 bits per heavy atom. The van der Waals surface area contributed by atoms with E-state index in [0.717, 1.165) is 55.2 Å².